The van der Waals surface area contributed by atoms with Crippen LogP contribution in [0.5, 0.6) is 5.88 Å². The molecule has 0 bridgehead atoms. The summed E-state index contributed by atoms with van der Waals surface area (Å²) in [6.07, 6.45) is 1.55. The minimum Gasteiger partial charge on any atom is -0.477 e. The fraction of sp³-hybridized carbons (Fsp3) is 0.105. The SMILES string of the molecule is CCOc1ncccc1C(=O)Nc1sc(-c2ccccc2)cc1C(N)=O. The Morgan fingerprint density at radius 2 is 1.92 bits per heavy atom. The van der Waals surface area contributed by atoms with Crippen LogP contribution in [0.4, 0.5) is 5.00 Å². The van der Waals surface area contributed by atoms with E-state index in [1.165, 1.54) is 11.3 Å². The third-order valence-corrected chi connectivity index (χ3v) is 4.68. The average molecular weight is 367 g/mol. The summed E-state index contributed by atoms with van der Waals surface area (Å²) in [6.45, 7) is 2.20. The van der Waals surface area contributed by atoms with E-state index in [0.717, 1.165) is 10.4 Å². The summed E-state index contributed by atoms with van der Waals surface area (Å²) in [4.78, 5) is 29.4. The Morgan fingerprint density at radius 3 is 2.62 bits per heavy atom. The van der Waals surface area contributed by atoms with Crippen LogP contribution in [0.15, 0.2) is 54.7 Å². The zero-order valence-electron chi connectivity index (χ0n) is 14.1. The normalized spacial score (nSPS) is 10.3. The number of pyridine rings is 1. The second-order valence-corrected chi connectivity index (χ2v) is 6.38. The number of rotatable bonds is 6. The zero-order chi connectivity index (χ0) is 18.5. The molecule has 3 aromatic rings. The monoisotopic (exact) mass is 367 g/mol. The number of anilines is 1. The van der Waals surface area contributed by atoms with E-state index in [1.807, 2.05) is 37.3 Å². The highest BCUT2D eigenvalue weighted by Gasteiger charge is 2.20. The number of hydrogen-bond acceptors (Lipinski definition) is 5. The molecule has 0 saturated heterocycles. The van der Waals surface area contributed by atoms with Crippen LogP contribution >= 0.6 is 11.3 Å². The Bertz CT molecular complexity index is 938. The Kier molecular flexibility index (Phi) is 5.28. The summed E-state index contributed by atoms with van der Waals surface area (Å²) in [5.74, 6) is -0.770. The molecule has 0 fully saturated rings. The van der Waals surface area contributed by atoms with Gasteiger partial charge in [0, 0.05) is 11.1 Å². The molecular weight excluding hydrogens is 350 g/mol. The quantitative estimate of drug-likeness (QED) is 0.696. The van der Waals surface area contributed by atoms with Crippen molar-refractivity contribution in [2.24, 2.45) is 5.73 Å². The lowest BCUT2D eigenvalue weighted by Gasteiger charge is -2.09. The van der Waals surface area contributed by atoms with Crippen molar-refractivity contribution in [3.63, 3.8) is 0 Å². The number of nitrogens with zero attached hydrogens (tertiary/aromatic N) is 1. The molecule has 0 unspecified atom stereocenters. The summed E-state index contributed by atoms with van der Waals surface area (Å²) >= 11 is 1.29. The van der Waals surface area contributed by atoms with Gasteiger partial charge in [0.05, 0.1) is 12.2 Å². The molecule has 0 spiro atoms. The van der Waals surface area contributed by atoms with Gasteiger partial charge in [0.15, 0.2) is 0 Å². The van der Waals surface area contributed by atoms with Gasteiger partial charge in [-0.25, -0.2) is 4.98 Å². The van der Waals surface area contributed by atoms with Crippen LogP contribution in [0, 0.1) is 0 Å². The van der Waals surface area contributed by atoms with Crippen molar-refractivity contribution in [2.45, 2.75) is 6.92 Å². The van der Waals surface area contributed by atoms with Crippen LogP contribution in [0.2, 0.25) is 0 Å². The number of benzene rings is 1. The standard InChI is InChI=1S/C19H17N3O3S/c1-2-25-18-13(9-6-10-21-18)17(24)22-19-14(16(20)23)11-15(26-19)12-7-4-3-5-8-12/h3-11H,2H2,1H3,(H2,20,23)(H,22,24). The maximum Gasteiger partial charge on any atom is 0.261 e. The molecule has 7 heteroatoms. The first-order valence-electron chi connectivity index (χ1n) is 7.98. The predicted octanol–water partition coefficient (Wildman–Crippen LogP) is 3.56. The first kappa shape index (κ1) is 17.6. The van der Waals surface area contributed by atoms with Gasteiger partial charge in [-0.2, -0.15) is 0 Å². The molecule has 0 aliphatic heterocycles. The highest BCUT2D eigenvalue weighted by Crippen LogP contribution is 2.35. The first-order chi connectivity index (χ1) is 12.6. The Hall–Kier alpha value is -3.19. The third-order valence-electron chi connectivity index (χ3n) is 3.58. The van der Waals surface area contributed by atoms with E-state index in [2.05, 4.69) is 10.3 Å². The molecule has 2 aromatic heterocycles. The third kappa shape index (κ3) is 3.73. The van der Waals surface area contributed by atoms with Gasteiger partial charge in [-0.1, -0.05) is 30.3 Å². The van der Waals surface area contributed by atoms with Gasteiger partial charge in [0.25, 0.3) is 11.8 Å². The molecule has 0 radical (unpaired) electrons. The molecule has 0 saturated carbocycles. The van der Waals surface area contributed by atoms with Gasteiger partial charge in [-0.15, -0.1) is 11.3 Å². The fourth-order valence-corrected chi connectivity index (χ4v) is 3.46. The van der Waals surface area contributed by atoms with E-state index in [1.54, 1.807) is 24.4 Å². The summed E-state index contributed by atoms with van der Waals surface area (Å²) in [7, 11) is 0. The molecule has 3 N–H and O–H groups in total. The van der Waals surface area contributed by atoms with E-state index in [-0.39, 0.29) is 11.4 Å². The smallest absolute Gasteiger partial charge is 0.261 e. The molecule has 3 rings (SSSR count). The molecule has 2 amide bonds. The van der Waals surface area contributed by atoms with E-state index in [9.17, 15) is 9.59 Å². The van der Waals surface area contributed by atoms with Crippen molar-refractivity contribution >= 4 is 28.2 Å². The zero-order valence-corrected chi connectivity index (χ0v) is 14.9. The van der Waals surface area contributed by atoms with Crippen molar-refractivity contribution in [2.75, 3.05) is 11.9 Å². The number of nitrogens with one attached hydrogen (secondary N) is 1. The van der Waals surface area contributed by atoms with Crippen molar-refractivity contribution < 1.29 is 14.3 Å². The number of aromatic nitrogens is 1. The Labute approximate surface area is 154 Å². The van der Waals surface area contributed by atoms with Crippen LogP contribution in [-0.4, -0.2) is 23.4 Å². The topological polar surface area (TPSA) is 94.3 Å². The average Bonchev–Trinajstić information content (AvgIpc) is 3.07. The number of amides is 2. The maximum absolute atomic E-state index is 12.7. The second-order valence-electron chi connectivity index (χ2n) is 5.33. The number of thiophene rings is 1. The predicted molar refractivity (Wildman–Crippen MR) is 102 cm³/mol. The van der Waals surface area contributed by atoms with Crippen molar-refractivity contribution in [1.82, 2.24) is 4.98 Å². The molecule has 0 aliphatic rings. The molecule has 6 nitrogen and oxygen atoms in total. The van der Waals surface area contributed by atoms with Crippen LogP contribution in [0.3, 0.4) is 0 Å². The van der Waals surface area contributed by atoms with Crippen LogP contribution < -0.4 is 15.8 Å². The number of hydrogen-bond donors (Lipinski definition) is 2. The van der Waals surface area contributed by atoms with Gasteiger partial charge in [0.1, 0.15) is 10.6 Å². The number of carbonyl (C=O) groups excluding carboxylic acids is 2. The van der Waals surface area contributed by atoms with Gasteiger partial charge < -0.3 is 15.8 Å². The largest absolute Gasteiger partial charge is 0.477 e. The van der Waals surface area contributed by atoms with Gasteiger partial charge in [0.2, 0.25) is 5.88 Å². The van der Waals surface area contributed by atoms with Gasteiger partial charge in [-0.05, 0) is 30.7 Å². The highest BCUT2D eigenvalue weighted by molar-refractivity contribution is 7.20. The molecule has 26 heavy (non-hydrogen) atoms. The summed E-state index contributed by atoms with van der Waals surface area (Å²) in [5.41, 5.74) is 6.98. The Morgan fingerprint density at radius 1 is 1.15 bits per heavy atom. The minimum absolute atomic E-state index is 0.243. The van der Waals surface area contributed by atoms with Crippen molar-refractivity contribution in [3.8, 4) is 16.3 Å². The van der Waals surface area contributed by atoms with Crippen LogP contribution in [-0.2, 0) is 0 Å². The van der Waals surface area contributed by atoms with Crippen LogP contribution in [0.25, 0.3) is 10.4 Å². The van der Waals surface area contributed by atoms with E-state index < -0.39 is 11.8 Å². The fourth-order valence-electron chi connectivity index (χ4n) is 2.40. The first-order valence-corrected chi connectivity index (χ1v) is 8.80. The molecule has 1 aromatic carbocycles. The van der Waals surface area contributed by atoms with Gasteiger partial charge >= 0.3 is 0 Å². The highest BCUT2D eigenvalue weighted by atomic mass is 32.1. The van der Waals surface area contributed by atoms with Crippen LogP contribution in [0.1, 0.15) is 27.6 Å². The molecule has 2 heterocycles. The number of ether oxygens (including phenoxy) is 1. The number of nitrogens with two attached hydrogens (primary N) is 1. The molecule has 0 aliphatic carbocycles. The lowest BCUT2D eigenvalue weighted by Crippen LogP contribution is -2.17. The van der Waals surface area contributed by atoms with Gasteiger partial charge in [-0.3, -0.25) is 9.59 Å². The number of carbonyl (C=O) groups is 2. The number of primary amides is 1. The van der Waals surface area contributed by atoms with Crippen molar-refractivity contribution in [3.05, 3.63) is 65.9 Å². The summed E-state index contributed by atoms with van der Waals surface area (Å²) in [5, 5.41) is 3.15. The molecule has 132 valence electrons. The van der Waals surface area contributed by atoms with E-state index in [0.29, 0.717) is 17.2 Å². The minimum atomic E-state index is -0.602. The lowest BCUT2D eigenvalue weighted by atomic mass is 10.1. The second kappa shape index (κ2) is 7.79. The molecule has 0 atom stereocenters. The summed E-state index contributed by atoms with van der Waals surface area (Å²) < 4.78 is 5.39. The molecular formula is C19H17N3O3S. The lowest BCUT2D eigenvalue weighted by molar-refractivity contribution is 0.100. The van der Waals surface area contributed by atoms with Crippen molar-refractivity contribution in [1.29, 1.82) is 0 Å². The summed E-state index contributed by atoms with van der Waals surface area (Å²) in [6, 6.07) is 14.5. The van der Waals surface area contributed by atoms with E-state index in [4.69, 9.17) is 10.5 Å². The van der Waals surface area contributed by atoms with E-state index >= 15 is 0 Å². The Balaban J connectivity index is 1.93. The maximum atomic E-state index is 12.7.